The van der Waals surface area contributed by atoms with Gasteiger partial charge in [0.15, 0.2) is 0 Å². The average molecular weight is 486 g/mol. The minimum absolute atomic E-state index is 0.132. The first-order valence-corrected chi connectivity index (χ1v) is 13.2. The lowest BCUT2D eigenvalue weighted by molar-refractivity contribution is 0.254. The highest BCUT2D eigenvalue weighted by Crippen LogP contribution is 2.32. The lowest BCUT2D eigenvalue weighted by Crippen LogP contribution is -2.43. The molecule has 0 saturated heterocycles. The Labute approximate surface area is 202 Å². The van der Waals surface area contributed by atoms with Gasteiger partial charge in [0.05, 0.1) is 10.9 Å². The molecular weight excluding hydrogens is 454 g/mol. The number of sulfonamides is 1. The summed E-state index contributed by atoms with van der Waals surface area (Å²) in [5, 5.41) is 2.70. The van der Waals surface area contributed by atoms with Gasteiger partial charge in [-0.05, 0) is 67.5 Å². The largest absolute Gasteiger partial charge is 0.358 e. The van der Waals surface area contributed by atoms with Crippen LogP contribution in [0.5, 0.6) is 0 Å². The summed E-state index contributed by atoms with van der Waals surface area (Å²) in [6, 6.07) is 20.3. The maximum Gasteiger partial charge on any atom is 0.284 e. The highest BCUT2D eigenvalue weighted by atomic mass is 35.5. The topological polar surface area (TPSA) is 53.0 Å². The van der Waals surface area contributed by atoms with E-state index in [9.17, 15) is 8.42 Å². The zero-order valence-electron chi connectivity index (χ0n) is 19.7. The van der Waals surface area contributed by atoms with Gasteiger partial charge < -0.3 is 4.90 Å². The summed E-state index contributed by atoms with van der Waals surface area (Å²) < 4.78 is 31.3. The number of fused-ring (bicyclic) bond motifs is 1. The van der Waals surface area contributed by atoms with Gasteiger partial charge in [0.1, 0.15) is 5.84 Å². The number of nitrogens with zero attached hydrogens (tertiary/aromatic N) is 3. The van der Waals surface area contributed by atoms with Gasteiger partial charge >= 0.3 is 0 Å². The number of rotatable bonds is 9. The van der Waals surface area contributed by atoms with Crippen LogP contribution < -0.4 is 0 Å². The van der Waals surface area contributed by atoms with E-state index in [0.29, 0.717) is 23.9 Å². The van der Waals surface area contributed by atoms with Gasteiger partial charge in [-0.1, -0.05) is 67.9 Å². The molecule has 0 N–H and O–H groups in total. The van der Waals surface area contributed by atoms with Crippen LogP contribution in [0.2, 0.25) is 5.02 Å². The Kier molecular flexibility index (Phi) is 8.51. The third kappa shape index (κ3) is 5.57. The molecule has 176 valence electrons. The predicted octanol–water partition coefficient (Wildman–Crippen LogP) is 6.01. The molecule has 0 aliphatic rings. The maximum atomic E-state index is 13.4. The molecule has 33 heavy (non-hydrogen) atoms. The number of hydrogen-bond acceptors (Lipinski definition) is 3. The monoisotopic (exact) mass is 485 g/mol. The van der Waals surface area contributed by atoms with Crippen molar-refractivity contribution in [3.63, 3.8) is 0 Å². The fourth-order valence-corrected chi connectivity index (χ4v) is 5.36. The van der Waals surface area contributed by atoms with Crippen LogP contribution in [0.1, 0.15) is 39.3 Å². The Bertz CT molecular complexity index is 1200. The van der Waals surface area contributed by atoms with Crippen molar-refractivity contribution in [2.24, 2.45) is 4.40 Å². The van der Waals surface area contributed by atoms with Crippen LogP contribution in [-0.2, 0) is 10.0 Å². The summed E-state index contributed by atoms with van der Waals surface area (Å²) in [4.78, 5) is 4.43. The van der Waals surface area contributed by atoms with Crippen molar-refractivity contribution in [3.8, 4) is 0 Å². The Morgan fingerprint density at radius 1 is 0.848 bits per heavy atom. The zero-order chi connectivity index (χ0) is 24.0. The molecule has 0 heterocycles. The van der Waals surface area contributed by atoms with Gasteiger partial charge in [-0.2, -0.15) is 8.42 Å². The molecule has 0 saturated carbocycles. The maximum absolute atomic E-state index is 13.4. The molecule has 0 aliphatic carbocycles. The van der Waals surface area contributed by atoms with Gasteiger partial charge in [-0.3, -0.25) is 4.90 Å². The van der Waals surface area contributed by atoms with Crippen molar-refractivity contribution in [2.45, 2.75) is 38.6 Å². The molecule has 1 atom stereocenters. The van der Waals surface area contributed by atoms with Crippen molar-refractivity contribution in [3.05, 3.63) is 77.3 Å². The van der Waals surface area contributed by atoms with Crippen molar-refractivity contribution in [1.82, 2.24) is 9.80 Å². The van der Waals surface area contributed by atoms with Crippen LogP contribution in [0, 0.1) is 0 Å². The molecule has 0 bridgehead atoms. The molecule has 0 radical (unpaired) electrons. The quantitative estimate of drug-likeness (QED) is 0.275. The smallest absolute Gasteiger partial charge is 0.284 e. The molecule has 7 heteroatoms. The van der Waals surface area contributed by atoms with Crippen LogP contribution in [0.4, 0.5) is 0 Å². The van der Waals surface area contributed by atoms with Gasteiger partial charge in [0.2, 0.25) is 0 Å². The minimum Gasteiger partial charge on any atom is -0.358 e. The molecule has 1 unspecified atom stereocenters. The second-order valence-corrected chi connectivity index (χ2v) is 9.78. The second-order valence-electron chi connectivity index (χ2n) is 7.74. The first-order valence-electron chi connectivity index (χ1n) is 11.4. The van der Waals surface area contributed by atoms with Crippen LogP contribution in [0.15, 0.2) is 76.0 Å². The Hall–Kier alpha value is -2.41. The molecule has 0 aliphatic heterocycles. The molecule has 0 spiro atoms. The Morgan fingerprint density at radius 2 is 1.45 bits per heavy atom. The fourth-order valence-electron chi connectivity index (χ4n) is 4.19. The van der Waals surface area contributed by atoms with Crippen molar-refractivity contribution >= 4 is 38.2 Å². The molecule has 0 fully saturated rings. The molecule has 0 amide bonds. The van der Waals surface area contributed by atoms with E-state index in [4.69, 9.17) is 11.6 Å². The average Bonchev–Trinajstić information content (AvgIpc) is 2.82. The lowest BCUT2D eigenvalue weighted by Gasteiger charge is -2.36. The zero-order valence-corrected chi connectivity index (χ0v) is 21.3. The van der Waals surface area contributed by atoms with Gasteiger partial charge in [-0.15, -0.1) is 4.40 Å². The van der Waals surface area contributed by atoms with Crippen LogP contribution >= 0.6 is 11.6 Å². The van der Waals surface area contributed by atoms with Crippen LogP contribution in [0.3, 0.4) is 0 Å². The van der Waals surface area contributed by atoms with Gasteiger partial charge in [0.25, 0.3) is 10.0 Å². The number of likely N-dealkylation sites (N-methyl/N-ethyl adjacent to an activating group) is 2. The Balaban J connectivity index is 2.29. The molecule has 3 aromatic carbocycles. The first-order chi connectivity index (χ1) is 15.9. The van der Waals surface area contributed by atoms with E-state index in [-0.39, 0.29) is 10.9 Å². The first kappa shape index (κ1) is 25.2. The van der Waals surface area contributed by atoms with Crippen molar-refractivity contribution in [2.75, 3.05) is 26.2 Å². The highest BCUT2D eigenvalue weighted by Gasteiger charge is 2.31. The van der Waals surface area contributed by atoms with E-state index in [0.717, 1.165) is 29.4 Å². The summed E-state index contributed by atoms with van der Waals surface area (Å²) in [6.07, 6.45) is 0. The van der Waals surface area contributed by atoms with Crippen molar-refractivity contribution in [1.29, 1.82) is 0 Å². The van der Waals surface area contributed by atoms with E-state index in [2.05, 4.69) is 47.4 Å². The van der Waals surface area contributed by atoms with Gasteiger partial charge in [-0.25, -0.2) is 0 Å². The molecule has 3 aromatic rings. The Morgan fingerprint density at radius 3 is 2.06 bits per heavy atom. The highest BCUT2D eigenvalue weighted by molar-refractivity contribution is 7.90. The van der Waals surface area contributed by atoms with E-state index in [1.54, 1.807) is 12.1 Å². The molecule has 0 aromatic heterocycles. The number of amidine groups is 1. The number of benzene rings is 3. The minimum atomic E-state index is -3.94. The summed E-state index contributed by atoms with van der Waals surface area (Å²) in [5.74, 6) is 0.537. The van der Waals surface area contributed by atoms with E-state index in [1.807, 2.05) is 36.9 Å². The number of halogens is 1. The summed E-state index contributed by atoms with van der Waals surface area (Å²) in [7, 11) is -3.94. The third-order valence-electron chi connectivity index (χ3n) is 5.95. The second kappa shape index (κ2) is 11.1. The summed E-state index contributed by atoms with van der Waals surface area (Å²) in [5.41, 5.74) is 1.05. The van der Waals surface area contributed by atoms with Gasteiger partial charge in [0, 0.05) is 18.1 Å². The van der Waals surface area contributed by atoms with E-state index < -0.39 is 10.0 Å². The molecule has 5 nitrogen and oxygen atoms in total. The van der Waals surface area contributed by atoms with E-state index >= 15 is 0 Å². The van der Waals surface area contributed by atoms with Crippen molar-refractivity contribution < 1.29 is 8.42 Å². The van der Waals surface area contributed by atoms with Crippen LogP contribution in [0.25, 0.3) is 10.8 Å². The SMILES string of the molecule is CCN(CC)/C(=N\S(=O)(=O)c1ccc(Cl)cc1)C(c1cccc2ccccc12)N(CC)CC. The lowest BCUT2D eigenvalue weighted by atomic mass is 9.96. The van der Waals surface area contributed by atoms with Crippen LogP contribution in [-0.4, -0.2) is 50.2 Å². The molecular formula is C26H32ClN3O2S. The third-order valence-corrected chi connectivity index (χ3v) is 7.50. The normalized spacial score (nSPS) is 13.5. The summed E-state index contributed by atoms with van der Waals surface area (Å²) >= 11 is 5.98. The predicted molar refractivity (Wildman–Crippen MR) is 139 cm³/mol. The number of hydrogen-bond donors (Lipinski definition) is 0. The standard InChI is InChI=1S/C26H32ClN3O2S/c1-5-29(6-2)25(24-15-11-13-20-12-9-10-14-23(20)24)26(30(7-3)8-4)28-33(31,32)22-18-16-21(27)17-19-22/h9-19,25H,5-8H2,1-4H3/b28-26-. The fraction of sp³-hybridized carbons (Fsp3) is 0.346. The van der Waals surface area contributed by atoms with E-state index in [1.165, 1.54) is 12.1 Å². The molecule has 3 rings (SSSR count). The summed E-state index contributed by atoms with van der Waals surface area (Å²) in [6.45, 7) is 11.0.